The monoisotopic (exact) mass is 240 g/mol. The Morgan fingerprint density at radius 1 is 1.18 bits per heavy atom. The first-order chi connectivity index (χ1) is 7.98. The number of H-pyrrole nitrogens is 1. The summed E-state index contributed by atoms with van der Waals surface area (Å²) in [7, 11) is 0. The molecule has 0 aliphatic heterocycles. The van der Waals surface area contributed by atoms with Gasteiger partial charge in [-0.25, -0.2) is 0 Å². The maximum absolute atomic E-state index is 12.2. The van der Waals surface area contributed by atoms with Gasteiger partial charge in [0.05, 0.1) is 17.1 Å². The zero-order chi connectivity index (χ0) is 12.5. The van der Waals surface area contributed by atoms with Gasteiger partial charge in [0.2, 0.25) is 0 Å². The minimum Gasteiger partial charge on any atom is -0.351 e. The highest BCUT2D eigenvalue weighted by Gasteiger charge is 2.40. The second-order valence-corrected chi connectivity index (χ2v) is 3.33. The fourth-order valence-corrected chi connectivity index (χ4v) is 1.35. The van der Waals surface area contributed by atoms with Crippen molar-refractivity contribution in [1.82, 2.24) is 9.97 Å². The van der Waals surface area contributed by atoms with E-state index >= 15 is 0 Å². The normalized spacial score (nSPS) is 11.5. The molecule has 2 heterocycles. The Bertz CT molecular complexity index is 531. The maximum atomic E-state index is 12.2. The Morgan fingerprint density at radius 2 is 1.94 bits per heavy atom. The Balaban J connectivity index is 2.32. The van der Waals surface area contributed by atoms with Gasteiger partial charge < -0.3 is 4.98 Å². The van der Waals surface area contributed by atoms with E-state index in [4.69, 9.17) is 0 Å². The van der Waals surface area contributed by atoms with Crippen LogP contribution in [0, 0.1) is 0 Å². The van der Waals surface area contributed by atoms with E-state index in [0.29, 0.717) is 11.4 Å². The largest absolute Gasteiger partial charge is 0.456 e. The molecule has 0 aliphatic rings. The van der Waals surface area contributed by atoms with Crippen molar-refractivity contribution in [1.29, 1.82) is 0 Å². The summed E-state index contributed by atoms with van der Waals surface area (Å²) in [5.74, 6) is -1.89. The number of Topliss-reactive ketones (excluding diaryl/α,β-unsaturated/α-hetero) is 1. The van der Waals surface area contributed by atoms with Crippen molar-refractivity contribution < 1.29 is 18.0 Å². The number of pyridine rings is 1. The molecule has 6 heteroatoms. The molecule has 0 saturated heterocycles. The first kappa shape index (κ1) is 11.4. The van der Waals surface area contributed by atoms with E-state index in [1.165, 1.54) is 12.3 Å². The predicted octanol–water partition coefficient (Wildman–Crippen LogP) is 2.82. The summed E-state index contributed by atoms with van der Waals surface area (Å²) in [4.78, 5) is 17.3. The quantitative estimate of drug-likeness (QED) is 0.820. The molecule has 17 heavy (non-hydrogen) atoms. The summed E-state index contributed by atoms with van der Waals surface area (Å²) < 4.78 is 36.5. The molecular weight excluding hydrogens is 233 g/mol. The van der Waals surface area contributed by atoms with E-state index < -0.39 is 17.7 Å². The summed E-state index contributed by atoms with van der Waals surface area (Å²) >= 11 is 0. The number of hydrogen-bond donors (Lipinski definition) is 1. The van der Waals surface area contributed by atoms with Crippen molar-refractivity contribution in [2.24, 2.45) is 0 Å². The lowest BCUT2D eigenvalue weighted by molar-refractivity contribution is -0.0887. The molecule has 0 fully saturated rings. The van der Waals surface area contributed by atoms with E-state index in [1.54, 1.807) is 18.2 Å². The number of rotatable bonds is 2. The Morgan fingerprint density at radius 3 is 2.53 bits per heavy atom. The van der Waals surface area contributed by atoms with Crippen molar-refractivity contribution in [3.05, 3.63) is 42.2 Å². The fraction of sp³-hybridized carbons (Fsp3) is 0.0909. The number of aromatic nitrogens is 2. The molecule has 0 radical (unpaired) electrons. The van der Waals surface area contributed by atoms with E-state index in [2.05, 4.69) is 9.97 Å². The predicted molar refractivity (Wildman–Crippen MR) is 54.4 cm³/mol. The molecule has 0 unspecified atom stereocenters. The zero-order valence-corrected chi connectivity index (χ0v) is 8.45. The van der Waals surface area contributed by atoms with Crippen LogP contribution in [0.25, 0.3) is 11.4 Å². The molecule has 0 saturated carbocycles. The molecule has 0 spiro atoms. The van der Waals surface area contributed by atoms with E-state index in [0.717, 1.165) is 6.07 Å². The van der Waals surface area contributed by atoms with Crippen LogP contribution >= 0.6 is 0 Å². The number of hydrogen-bond acceptors (Lipinski definition) is 2. The second-order valence-electron chi connectivity index (χ2n) is 3.33. The number of nitrogens with zero attached hydrogens (tertiary/aromatic N) is 1. The van der Waals surface area contributed by atoms with Crippen molar-refractivity contribution in [2.75, 3.05) is 0 Å². The van der Waals surface area contributed by atoms with E-state index in [-0.39, 0.29) is 0 Å². The van der Waals surface area contributed by atoms with Gasteiger partial charge in [0.15, 0.2) is 0 Å². The topological polar surface area (TPSA) is 45.8 Å². The number of halogens is 3. The molecule has 0 amide bonds. The standard InChI is InChI=1S/C11H7F3N2O/c12-11(13,14)10(17)9-5-4-8(16-9)7-3-1-2-6-15-7/h1-6,16H. The molecule has 2 aromatic rings. The van der Waals surface area contributed by atoms with Crippen LogP contribution in [0.3, 0.4) is 0 Å². The summed E-state index contributed by atoms with van der Waals surface area (Å²) in [5.41, 5.74) is 0.366. The second kappa shape index (κ2) is 4.04. The van der Waals surface area contributed by atoms with Gasteiger partial charge in [-0.2, -0.15) is 13.2 Å². The van der Waals surface area contributed by atoms with Crippen LogP contribution in [-0.2, 0) is 0 Å². The minimum absolute atomic E-state index is 0.373. The lowest BCUT2D eigenvalue weighted by Crippen LogP contribution is -2.22. The number of carbonyl (C=O) groups is 1. The molecule has 0 aromatic carbocycles. The zero-order valence-electron chi connectivity index (χ0n) is 8.45. The van der Waals surface area contributed by atoms with Gasteiger partial charge in [-0.1, -0.05) is 6.07 Å². The highest BCUT2D eigenvalue weighted by Crippen LogP contribution is 2.23. The SMILES string of the molecule is O=C(c1ccc(-c2ccccn2)[nH]1)C(F)(F)F. The van der Waals surface area contributed by atoms with Gasteiger partial charge in [0.25, 0.3) is 5.78 Å². The molecule has 3 nitrogen and oxygen atoms in total. The van der Waals surface area contributed by atoms with Crippen LogP contribution in [0.5, 0.6) is 0 Å². The summed E-state index contributed by atoms with van der Waals surface area (Å²) in [6, 6.07) is 7.51. The van der Waals surface area contributed by atoms with E-state index in [1.807, 2.05) is 0 Å². The Hall–Kier alpha value is -2.11. The number of alkyl halides is 3. The number of ketones is 1. The molecule has 0 aliphatic carbocycles. The van der Waals surface area contributed by atoms with Gasteiger partial charge in [-0.15, -0.1) is 0 Å². The third-order valence-corrected chi connectivity index (χ3v) is 2.13. The van der Waals surface area contributed by atoms with Gasteiger partial charge in [0.1, 0.15) is 0 Å². The number of nitrogens with one attached hydrogen (secondary N) is 1. The Labute approximate surface area is 94.3 Å². The van der Waals surface area contributed by atoms with Crippen LogP contribution < -0.4 is 0 Å². The van der Waals surface area contributed by atoms with Gasteiger partial charge >= 0.3 is 6.18 Å². The average molecular weight is 240 g/mol. The first-order valence-corrected chi connectivity index (χ1v) is 4.70. The van der Waals surface area contributed by atoms with Gasteiger partial charge in [-0.3, -0.25) is 9.78 Å². The molecule has 0 bridgehead atoms. The highest BCUT2D eigenvalue weighted by atomic mass is 19.4. The molecule has 2 aromatic heterocycles. The van der Waals surface area contributed by atoms with Crippen molar-refractivity contribution in [3.63, 3.8) is 0 Å². The number of carbonyl (C=O) groups excluding carboxylic acids is 1. The molecule has 88 valence electrons. The van der Waals surface area contributed by atoms with Crippen LogP contribution in [0.15, 0.2) is 36.5 Å². The Kier molecular flexibility index (Phi) is 2.71. The third kappa shape index (κ3) is 2.35. The fourth-order valence-electron chi connectivity index (χ4n) is 1.35. The van der Waals surface area contributed by atoms with Crippen molar-refractivity contribution in [2.45, 2.75) is 6.18 Å². The van der Waals surface area contributed by atoms with Crippen LogP contribution in [0.4, 0.5) is 13.2 Å². The van der Waals surface area contributed by atoms with Crippen LogP contribution in [0.1, 0.15) is 10.5 Å². The molecule has 2 rings (SSSR count). The summed E-state index contributed by atoms with van der Waals surface area (Å²) in [6.07, 6.45) is -3.35. The van der Waals surface area contributed by atoms with Gasteiger partial charge in [0, 0.05) is 6.20 Å². The third-order valence-electron chi connectivity index (χ3n) is 2.13. The number of aromatic amines is 1. The maximum Gasteiger partial charge on any atom is 0.456 e. The lowest BCUT2D eigenvalue weighted by atomic mass is 10.3. The molecule has 1 N–H and O–H groups in total. The molecule has 0 atom stereocenters. The van der Waals surface area contributed by atoms with Crippen molar-refractivity contribution in [3.8, 4) is 11.4 Å². The van der Waals surface area contributed by atoms with E-state index in [9.17, 15) is 18.0 Å². The summed E-state index contributed by atoms with van der Waals surface area (Å²) in [6.45, 7) is 0. The summed E-state index contributed by atoms with van der Waals surface area (Å²) in [5, 5.41) is 0. The minimum atomic E-state index is -4.87. The van der Waals surface area contributed by atoms with Crippen molar-refractivity contribution >= 4 is 5.78 Å². The van der Waals surface area contributed by atoms with Crippen LogP contribution in [0.2, 0.25) is 0 Å². The van der Waals surface area contributed by atoms with Crippen LogP contribution in [-0.4, -0.2) is 21.9 Å². The average Bonchev–Trinajstić information content (AvgIpc) is 2.77. The van der Waals surface area contributed by atoms with Gasteiger partial charge in [-0.05, 0) is 24.3 Å². The highest BCUT2D eigenvalue weighted by molar-refractivity contribution is 5.99. The lowest BCUT2D eigenvalue weighted by Gasteiger charge is -2.02. The molecular formula is C11H7F3N2O. The first-order valence-electron chi connectivity index (χ1n) is 4.70. The smallest absolute Gasteiger partial charge is 0.351 e.